The van der Waals surface area contributed by atoms with E-state index in [1.165, 1.54) is 11.3 Å². The van der Waals surface area contributed by atoms with Crippen LogP contribution in [0, 0.1) is 0 Å². The second kappa shape index (κ2) is 6.16. The molecule has 1 amide bonds. The molecule has 0 saturated heterocycles. The predicted molar refractivity (Wildman–Crippen MR) is 75.3 cm³/mol. The van der Waals surface area contributed by atoms with Crippen LogP contribution in [-0.4, -0.2) is 17.4 Å². The van der Waals surface area contributed by atoms with E-state index in [9.17, 15) is 4.79 Å². The lowest BCUT2D eigenvalue weighted by atomic mass is 10.3. The van der Waals surface area contributed by atoms with Gasteiger partial charge in [0.2, 0.25) is 0 Å². The normalized spacial score (nSPS) is 10.1. The quantitative estimate of drug-likeness (QED) is 0.869. The summed E-state index contributed by atoms with van der Waals surface area (Å²) in [6.07, 6.45) is 2.79. The van der Waals surface area contributed by atoms with Crippen LogP contribution in [-0.2, 0) is 0 Å². The van der Waals surface area contributed by atoms with Gasteiger partial charge in [-0.3, -0.25) is 4.79 Å². The van der Waals surface area contributed by atoms with Gasteiger partial charge in [-0.2, -0.15) is 0 Å². The lowest BCUT2D eigenvalue weighted by Gasteiger charge is -2.06. The molecular weight excluding hydrogens is 246 g/mol. The molecule has 0 saturated carbocycles. The maximum atomic E-state index is 11.8. The third kappa shape index (κ3) is 3.30. The number of aromatic nitrogens is 1. The number of thiophene rings is 1. The van der Waals surface area contributed by atoms with Crippen molar-refractivity contribution in [1.29, 1.82) is 0 Å². The average molecular weight is 261 g/mol. The molecule has 2 aromatic heterocycles. The van der Waals surface area contributed by atoms with Crippen LogP contribution in [0.25, 0.3) is 0 Å². The Balaban J connectivity index is 1.96. The first-order valence-corrected chi connectivity index (χ1v) is 6.72. The Morgan fingerprint density at radius 3 is 2.89 bits per heavy atom. The number of rotatable bonds is 5. The molecule has 4 nitrogen and oxygen atoms in total. The maximum Gasteiger partial charge on any atom is 0.266 e. The van der Waals surface area contributed by atoms with Crippen molar-refractivity contribution in [2.24, 2.45) is 0 Å². The highest BCUT2D eigenvalue weighted by atomic mass is 32.1. The summed E-state index contributed by atoms with van der Waals surface area (Å²) in [5, 5.41) is 7.86. The molecule has 0 aromatic carbocycles. The van der Waals surface area contributed by atoms with Crippen LogP contribution in [0.4, 0.5) is 11.5 Å². The van der Waals surface area contributed by atoms with Crippen LogP contribution in [0.15, 0.2) is 35.8 Å². The van der Waals surface area contributed by atoms with Gasteiger partial charge in [0.1, 0.15) is 5.82 Å². The molecule has 94 valence electrons. The van der Waals surface area contributed by atoms with E-state index in [-0.39, 0.29) is 5.91 Å². The summed E-state index contributed by atoms with van der Waals surface area (Å²) >= 11 is 1.41. The van der Waals surface area contributed by atoms with Crippen LogP contribution in [0.1, 0.15) is 23.0 Å². The fourth-order valence-corrected chi connectivity index (χ4v) is 2.05. The first-order chi connectivity index (χ1) is 8.79. The van der Waals surface area contributed by atoms with Gasteiger partial charge in [0, 0.05) is 6.54 Å². The lowest BCUT2D eigenvalue weighted by Crippen LogP contribution is -2.11. The lowest BCUT2D eigenvalue weighted by molar-refractivity contribution is 0.103. The molecule has 0 spiro atoms. The fourth-order valence-electron chi connectivity index (χ4n) is 1.43. The maximum absolute atomic E-state index is 11.8. The molecule has 2 heterocycles. The van der Waals surface area contributed by atoms with Crippen LogP contribution in [0.3, 0.4) is 0 Å². The summed E-state index contributed by atoms with van der Waals surface area (Å²) in [5.74, 6) is 0.446. The van der Waals surface area contributed by atoms with E-state index in [4.69, 9.17) is 0 Å². The van der Waals surface area contributed by atoms with Crippen LogP contribution in [0.2, 0.25) is 0 Å². The number of carbonyl (C=O) groups is 1. The van der Waals surface area contributed by atoms with Crippen molar-refractivity contribution >= 4 is 28.7 Å². The minimum atomic E-state index is -0.119. The molecule has 5 heteroatoms. The van der Waals surface area contributed by atoms with Gasteiger partial charge in [-0.25, -0.2) is 4.98 Å². The Kier molecular flexibility index (Phi) is 4.30. The first-order valence-electron chi connectivity index (χ1n) is 5.84. The topological polar surface area (TPSA) is 54.0 Å². The van der Waals surface area contributed by atoms with Gasteiger partial charge in [-0.05, 0) is 30.0 Å². The highest BCUT2D eigenvalue weighted by Gasteiger charge is 2.07. The van der Waals surface area contributed by atoms with Gasteiger partial charge in [0.15, 0.2) is 0 Å². The number of carbonyl (C=O) groups excluding carboxylic acids is 1. The first kappa shape index (κ1) is 12.6. The van der Waals surface area contributed by atoms with Crippen molar-refractivity contribution in [2.45, 2.75) is 13.3 Å². The summed E-state index contributed by atoms with van der Waals surface area (Å²) < 4.78 is 0. The summed E-state index contributed by atoms with van der Waals surface area (Å²) in [6, 6.07) is 7.35. The largest absolute Gasteiger partial charge is 0.384 e. The number of anilines is 2. The highest BCUT2D eigenvalue weighted by molar-refractivity contribution is 7.12. The van der Waals surface area contributed by atoms with Gasteiger partial charge in [0.25, 0.3) is 5.91 Å². The fraction of sp³-hybridized carbons (Fsp3) is 0.231. The average Bonchev–Trinajstić information content (AvgIpc) is 2.92. The van der Waals surface area contributed by atoms with Crippen LogP contribution >= 0.6 is 11.3 Å². The number of nitrogens with one attached hydrogen (secondary N) is 2. The summed E-state index contributed by atoms with van der Waals surface area (Å²) in [5.41, 5.74) is 0.964. The molecule has 0 radical (unpaired) electrons. The zero-order chi connectivity index (χ0) is 12.8. The Morgan fingerprint density at radius 2 is 2.28 bits per heavy atom. The third-order valence-corrected chi connectivity index (χ3v) is 3.20. The number of amides is 1. The standard InChI is InChI=1S/C13H15N3OS/c1-2-7-14-10-5-6-12(15-9-10)16-13(17)11-4-3-8-18-11/h3-6,8-9,14H,2,7H2,1H3,(H,15,16,17). The molecule has 2 N–H and O–H groups in total. The zero-order valence-electron chi connectivity index (χ0n) is 10.1. The van der Waals surface area contributed by atoms with Crippen LogP contribution in [0.5, 0.6) is 0 Å². The van der Waals surface area contributed by atoms with Crippen molar-refractivity contribution in [3.8, 4) is 0 Å². The molecule has 0 unspecified atom stereocenters. The Bertz CT molecular complexity index is 493. The molecule has 0 aliphatic heterocycles. The molecule has 2 rings (SSSR count). The Hall–Kier alpha value is -1.88. The second-order valence-corrected chi connectivity index (χ2v) is 4.74. The molecule has 0 aliphatic carbocycles. The number of pyridine rings is 1. The van der Waals surface area contributed by atoms with E-state index in [1.807, 2.05) is 17.5 Å². The van der Waals surface area contributed by atoms with Gasteiger partial charge in [-0.15, -0.1) is 11.3 Å². The zero-order valence-corrected chi connectivity index (χ0v) is 11.0. The third-order valence-electron chi connectivity index (χ3n) is 2.33. The van der Waals surface area contributed by atoms with Crippen molar-refractivity contribution in [3.63, 3.8) is 0 Å². The molecule has 18 heavy (non-hydrogen) atoms. The smallest absolute Gasteiger partial charge is 0.266 e. The molecule has 0 aliphatic rings. The Morgan fingerprint density at radius 1 is 1.39 bits per heavy atom. The van der Waals surface area contributed by atoms with E-state index in [0.717, 1.165) is 18.7 Å². The molecular formula is C13H15N3OS. The SMILES string of the molecule is CCCNc1ccc(NC(=O)c2cccs2)nc1. The number of hydrogen-bond acceptors (Lipinski definition) is 4. The van der Waals surface area contributed by atoms with Crippen molar-refractivity contribution < 1.29 is 4.79 Å². The molecule has 0 atom stereocenters. The van der Waals surface area contributed by atoms with E-state index in [1.54, 1.807) is 18.3 Å². The van der Waals surface area contributed by atoms with E-state index in [2.05, 4.69) is 22.5 Å². The molecule has 0 bridgehead atoms. The predicted octanol–water partition coefficient (Wildman–Crippen LogP) is 3.22. The van der Waals surface area contributed by atoms with Crippen LogP contribution < -0.4 is 10.6 Å². The van der Waals surface area contributed by atoms with Crippen molar-refractivity contribution in [3.05, 3.63) is 40.7 Å². The van der Waals surface area contributed by atoms with Gasteiger partial charge >= 0.3 is 0 Å². The minimum absolute atomic E-state index is 0.119. The van der Waals surface area contributed by atoms with Crippen molar-refractivity contribution in [1.82, 2.24) is 4.98 Å². The summed E-state index contributed by atoms with van der Waals surface area (Å²) in [6.45, 7) is 3.03. The molecule has 0 fully saturated rings. The minimum Gasteiger partial charge on any atom is -0.384 e. The van der Waals surface area contributed by atoms with Gasteiger partial charge < -0.3 is 10.6 Å². The van der Waals surface area contributed by atoms with Gasteiger partial charge in [0.05, 0.1) is 16.8 Å². The summed E-state index contributed by atoms with van der Waals surface area (Å²) in [7, 11) is 0. The van der Waals surface area contributed by atoms with Gasteiger partial charge in [-0.1, -0.05) is 13.0 Å². The van der Waals surface area contributed by atoms with E-state index in [0.29, 0.717) is 10.7 Å². The number of hydrogen-bond donors (Lipinski definition) is 2. The Labute approximate surface area is 110 Å². The summed E-state index contributed by atoms with van der Waals surface area (Å²) in [4.78, 5) is 16.7. The second-order valence-electron chi connectivity index (χ2n) is 3.79. The monoisotopic (exact) mass is 261 g/mol. The van der Waals surface area contributed by atoms with E-state index < -0.39 is 0 Å². The van der Waals surface area contributed by atoms with E-state index >= 15 is 0 Å². The molecule has 2 aromatic rings. The number of nitrogens with zero attached hydrogens (tertiary/aromatic N) is 1. The van der Waals surface area contributed by atoms with Crippen molar-refractivity contribution in [2.75, 3.05) is 17.2 Å². The highest BCUT2D eigenvalue weighted by Crippen LogP contribution is 2.13.